The second-order valence-electron chi connectivity index (χ2n) is 5.67. The molecule has 1 amide bonds. The first-order valence-corrected chi connectivity index (χ1v) is 9.39. The second kappa shape index (κ2) is 8.54. The van der Waals surface area contributed by atoms with E-state index in [0.29, 0.717) is 11.4 Å². The van der Waals surface area contributed by atoms with Crippen molar-refractivity contribution in [1.29, 1.82) is 0 Å². The van der Waals surface area contributed by atoms with Crippen molar-refractivity contribution in [2.45, 2.75) is 0 Å². The molecule has 0 saturated carbocycles. The van der Waals surface area contributed by atoms with Crippen LogP contribution in [0.25, 0.3) is 0 Å². The molecule has 2 aromatic rings. The van der Waals surface area contributed by atoms with Gasteiger partial charge in [0.15, 0.2) is 0 Å². The molecule has 2 N–H and O–H groups in total. The van der Waals surface area contributed by atoms with E-state index in [4.69, 9.17) is 4.55 Å². The van der Waals surface area contributed by atoms with Gasteiger partial charge in [0.1, 0.15) is 0 Å². The summed E-state index contributed by atoms with van der Waals surface area (Å²) in [4.78, 5) is 14.2. The summed E-state index contributed by atoms with van der Waals surface area (Å²) >= 11 is 0. The predicted octanol–water partition coefficient (Wildman–Crippen LogP) is 2.79. The maximum Gasteiger partial charge on any atom is 0.266 e. The largest absolute Gasteiger partial charge is 0.378 e. The van der Waals surface area contributed by atoms with Gasteiger partial charge in [-0.05, 0) is 36.4 Å². The Balaban J connectivity index is 2.11. The quantitative estimate of drug-likeness (QED) is 0.570. The number of hydrogen-bond donors (Lipinski definition) is 2. The molecule has 0 aliphatic rings. The zero-order valence-electron chi connectivity index (χ0n) is 14.5. The van der Waals surface area contributed by atoms with Crippen LogP contribution in [0.5, 0.6) is 0 Å². The number of benzene rings is 2. The standard InChI is InChI=1S/C17H20N4O4S/c1-21(2)14-9-7-13(8-10-14)19-20-16-6-4-3-5-15(16)17(22)18-11-12-26(23,24)25/h3-10H,11-12H2,1-2H3,(H,18,22)(H,23,24,25)/b20-19+. The molecule has 0 bridgehead atoms. The number of nitrogens with one attached hydrogen (secondary N) is 1. The van der Waals surface area contributed by atoms with E-state index in [1.165, 1.54) is 0 Å². The van der Waals surface area contributed by atoms with E-state index in [1.807, 2.05) is 43.3 Å². The number of carbonyl (C=O) groups excluding carboxylic acids is 1. The van der Waals surface area contributed by atoms with Crippen LogP contribution >= 0.6 is 0 Å². The number of amides is 1. The van der Waals surface area contributed by atoms with Gasteiger partial charge >= 0.3 is 0 Å². The summed E-state index contributed by atoms with van der Waals surface area (Å²) in [5.74, 6) is -1.05. The molecule has 0 aliphatic heterocycles. The monoisotopic (exact) mass is 376 g/mol. The molecule has 138 valence electrons. The van der Waals surface area contributed by atoms with Crippen LogP contribution in [0.3, 0.4) is 0 Å². The number of carbonyl (C=O) groups is 1. The molecule has 0 saturated heterocycles. The lowest BCUT2D eigenvalue weighted by Gasteiger charge is -2.11. The van der Waals surface area contributed by atoms with Gasteiger partial charge in [-0.3, -0.25) is 9.35 Å². The predicted molar refractivity (Wildman–Crippen MR) is 100 cm³/mol. The van der Waals surface area contributed by atoms with Crippen molar-refractivity contribution in [1.82, 2.24) is 5.32 Å². The third-order valence-corrected chi connectivity index (χ3v) is 4.15. The van der Waals surface area contributed by atoms with Crippen molar-refractivity contribution in [2.75, 3.05) is 31.3 Å². The molecule has 0 heterocycles. The number of anilines is 1. The third-order valence-electron chi connectivity index (χ3n) is 3.43. The molecule has 0 fully saturated rings. The lowest BCUT2D eigenvalue weighted by Crippen LogP contribution is -2.28. The highest BCUT2D eigenvalue weighted by molar-refractivity contribution is 7.85. The molecule has 2 aromatic carbocycles. The lowest BCUT2D eigenvalue weighted by atomic mass is 10.1. The fraction of sp³-hybridized carbons (Fsp3) is 0.235. The molecule has 9 heteroatoms. The van der Waals surface area contributed by atoms with E-state index >= 15 is 0 Å². The molecule has 0 aromatic heterocycles. The van der Waals surface area contributed by atoms with Crippen LogP contribution < -0.4 is 10.2 Å². The van der Waals surface area contributed by atoms with Gasteiger partial charge in [-0.25, -0.2) is 0 Å². The summed E-state index contributed by atoms with van der Waals surface area (Å²) in [6.45, 7) is -0.199. The zero-order valence-corrected chi connectivity index (χ0v) is 15.3. The van der Waals surface area contributed by atoms with Crippen LogP contribution in [0.1, 0.15) is 10.4 Å². The smallest absolute Gasteiger partial charge is 0.266 e. The first-order valence-electron chi connectivity index (χ1n) is 7.78. The van der Waals surface area contributed by atoms with E-state index in [9.17, 15) is 13.2 Å². The van der Waals surface area contributed by atoms with Gasteiger partial charge in [0.2, 0.25) is 0 Å². The van der Waals surface area contributed by atoms with E-state index in [2.05, 4.69) is 15.5 Å². The van der Waals surface area contributed by atoms with Gasteiger partial charge in [-0.1, -0.05) is 12.1 Å². The molecule has 0 unspecified atom stereocenters. The molecular formula is C17H20N4O4S. The fourth-order valence-electron chi connectivity index (χ4n) is 2.07. The Bertz CT molecular complexity index is 893. The van der Waals surface area contributed by atoms with Gasteiger partial charge in [0, 0.05) is 26.3 Å². The molecule has 2 rings (SSSR count). The average Bonchev–Trinajstić information content (AvgIpc) is 2.59. The van der Waals surface area contributed by atoms with E-state index in [1.54, 1.807) is 24.3 Å². The van der Waals surface area contributed by atoms with Gasteiger partial charge in [0.25, 0.3) is 16.0 Å². The van der Waals surface area contributed by atoms with Gasteiger partial charge < -0.3 is 10.2 Å². The summed E-state index contributed by atoms with van der Waals surface area (Å²) in [5, 5.41) is 10.7. The van der Waals surface area contributed by atoms with Crippen molar-refractivity contribution in [3.8, 4) is 0 Å². The maximum absolute atomic E-state index is 12.2. The molecule has 0 aliphatic carbocycles. The van der Waals surface area contributed by atoms with Gasteiger partial charge in [-0.2, -0.15) is 13.5 Å². The van der Waals surface area contributed by atoms with Crippen LogP contribution in [0.15, 0.2) is 58.8 Å². The minimum atomic E-state index is -4.13. The normalized spacial score (nSPS) is 11.5. The third kappa shape index (κ3) is 5.94. The van der Waals surface area contributed by atoms with Crippen LogP contribution in [-0.4, -0.2) is 45.3 Å². The molecule has 26 heavy (non-hydrogen) atoms. The Kier molecular flexibility index (Phi) is 6.42. The highest BCUT2D eigenvalue weighted by Crippen LogP contribution is 2.23. The SMILES string of the molecule is CN(C)c1ccc(/N=N/c2ccccc2C(=O)NCCS(=O)(=O)O)cc1. The fourth-order valence-corrected chi connectivity index (χ4v) is 2.43. The Morgan fingerprint density at radius 3 is 2.35 bits per heavy atom. The number of azo groups is 1. The number of hydrogen-bond acceptors (Lipinski definition) is 6. The Hall–Kier alpha value is -2.78. The Labute approximate surface area is 152 Å². The van der Waals surface area contributed by atoms with Crippen molar-refractivity contribution in [2.24, 2.45) is 10.2 Å². The Morgan fingerprint density at radius 2 is 1.73 bits per heavy atom. The highest BCUT2D eigenvalue weighted by Gasteiger charge is 2.12. The summed E-state index contributed by atoms with van der Waals surface area (Å²) < 4.78 is 30.1. The second-order valence-corrected chi connectivity index (χ2v) is 7.24. The van der Waals surface area contributed by atoms with E-state index in [0.717, 1.165) is 5.69 Å². The number of nitrogens with zero attached hydrogens (tertiary/aromatic N) is 3. The van der Waals surface area contributed by atoms with Crippen LogP contribution in [-0.2, 0) is 10.1 Å². The van der Waals surface area contributed by atoms with Crippen LogP contribution in [0, 0.1) is 0 Å². The minimum Gasteiger partial charge on any atom is -0.378 e. The van der Waals surface area contributed by atoms with Gasteiger partial charge in [-0.15, -0.1) is 5.11 Å². The van der Waals surface area contributed by atoms with Crippen LogP contribution in [0.4, 0.5) is 17.1 Å². The minimum absolute atomic E-state index is 0.199. The summed E-state index contributed by atoms with van der Waals surface area (Å²) in [6.07, 6.45) is 0. The summed E-state index contributed by atoms with van der Waals surface area (Å²) in [5.41, 5.74) is 2.28. The van der Waals surface area contributed by atoms with Crippen molar-refractivity contribution >= 4 is 33.1 Å². The lowest BCUT2D eigenvalue weighted by molar-refractivity contribution is 0.0956. The number of rotatable bonds is 7. The van der Waals surface area contributed by atoms with Crippen molar-refractivity contribution < 1.29 is 17.8 Å². The molecule has 0 spiro atoms. The van der Waals surface area contributed by atoms with Crippen molar-refractivity contribution in [3.63, 3.8) is 0 Å². The zero-order chi connectivity index (χ0) is 19.2. The first-order chi connectivity index (χ1) is 12.3. The molecule has 0 atom stereocenters. The van der Waals surface area contributed by atoms with Gasteiger partial charge in [0.05, 0.1) is 22.7 Å². The Morgan fingerprint density at radius 1 is 1.08 bits per heavy atom. The summed E-state index contributed by atoms with van der Waals surface area (Å²) in [6, 6.07) is 14.0. The molecule has 8 nitrogen and oxygen atoms in total. The topological polar surface area (TPSA) is 111 Å². The van der Waals surface area contributed by atoms with Crippen molar-refractivity contribution in [3.05, 3.63) is 54.1 Å². The maximum atomic E-state index is 12.2. The molecular weight excluding hydrogens is 356 g/mol. The van der Waals surface area contributed by atoms with Crippen LogP contribution in [0.2, 0.25) is 0 Å². The average molecular weight is 376 g/mol. The van der Waals surface area contributed by atoms with E-state index < -0.39 is 21.8 Å². The summed E-state index contributed by atoms with van der Waals surface area (Å²) in [7, 11) is -0.252. The molecule has 0 radical (unpaired) electrons. The first kappa shape index (κ1) is 19.5. The van der Waals surface area contributed by atoms with E-state index in [-0.39, 0.29) is 12.1 Å². The highest BCUT2D eigenvalue weighted by atomic mass is 32.2.